The van der Waals surface area contributed by atoms with Crippen LogP contribution in [0.4, 0.5) is 10.1 Å². The zero-order valence-electron chi connectivity index (χ0n) is 18.3. The summed E-state index contributed by atoms with van der Waals surface area (Å²) in [6.45, 7) is 4.30. The number of hydrogen-bond acceptors (Lipinski definition) is 5. The molecule has 0 aromatic heterocycles. The molecule has 3 aromatic carbocycles. The van der Waals surface area contributed by atoms with E-state index in [1.807, 2.05) is 38.1 Å². The summed E-state index contributed by atoms with van der Waals surface area (Å²) in [5.74, 6) is -0.00845. The second-order valence-corrected chi connectivity index (χ2v) is 8.29. The predicted molar refractivity (Wildman–Crippen MR) is 120 cm³/mol. The van der Waals surface area contributed by atoms with E-state index in [0.717, 1.165) is 16.8 Å². The minimum atomic E-state index is -0.791. The molecule has 1 aliphatic heterocycles. The van der Waals surface area contributed by atoms with Crippen molar-refractivity contribution in [1.29, 1.82) is 0 Å². The van der Waals surface area contributed by atoms with Crippen molar-refractivity contribution in [1.82, 2.24) is 0 Å². The van der Waals surface area contributed by atoms with Gasteiger partial charge in [0.2, 0.25) is 0 Å². The Morgan fingerprint density at radius 1 is 1.06 bits per heavy atom. The number of carbonyl (C=O) groups excluding carboxylic acids is 1. The first-order chi connectivity index (χ1) is 15.4. The Hall–Kier alpha value is -3.38. The fourth-order valence-corrected chi connectivity index (χ4v) is 3.86. The van der Waals surface area contributed by atoms with Gasteiger partial charge in [0.05, 0.1) is 5.56 Å². The molecule has 4 rings (SSSR count). The summed E-state index contributed by atoms with van der Waals surface area (Å²) >= 11 is 0. The lowest BCUT2D eigenvalue weighted by Crippen LogP contribution is -2.51. The minimum Gasteiger partial charge on any atom is -0.483 e. The number of rotatable bonds is 6. The van der Waals surface area contributed by atoms with Gasteiger partial charge in [0.15, 0.2) is 6.10 Å². The van der Waals surface area contributed by atoms with Crippen molar-refractivity contribution in [3.05, 3.63) is 95.3 Å². The molecule has 0 aliphatic carbocycles. The monoisotopic (exact) mass is 435 g/mol. The SMILES string of the molecule is COC1c2cc(NCc3ccc(F)cc3)ccc2OC(C)(C)C1OC(=O)c1ccccc1. The normalized spacial score (nSPS) is 18.9. The molecule has 166 valence electrons. The third kappa shape index (κ3) is 4.60. The van der Waals surface area contributed by atoms with Crippen LogP contribution in [0.3, 0.4) is 0 Å². The van der Waals surface area contributed by atoms with E-state index in [4.69, 9.17) is 14.2 Å². The summed E-state index contributed by atoms with van der Waals surface area (Å²) in [7, 11) is 1.60. The van der Waals surface area contributed by atoms with Gasteiger partial charge in [-0.2, -0.15) is 0 Å². The molecule has 1 N–H and O–H groups in total. The fraction of sp³-hybridized carbons (Fsp3) is 0.269. The number of carbonyl (C=O) groups is 1. The number of hydrogen-bond donors (Lipinski definition) is 1. The largest absolute Gasteiger partial charge is 0.483 e. The van der Waals surface area contributed by atoms with Gasteiger partial charge >= 0.3 is 5.97 Å². The highest BCUT2D eigenvalue weighted by Crippen LogP contribution is 2.44. The molecule has 0 bridgehead atoms. The number of esters is 1. The molecule has 1 aliphatic rings. The van der Waals surface area contributed by atoms with Crippen molar-refractivity contribution < 1.29 is 23.4 Å². The maximum Gasteiger partial charge on any atom is 0.338 e. The first-order valence-corrected chi connectivity index (χ1v) is 10.5. The van der Waals surface area contributed by atoms with Crippen molar-refractivity contribution in [2.45, 2.75) is 38.2 Å². The van der Waals surface area contributed by atoms with E-state index in [1.54, 1.807) is 43.5 Å². The Balaban J connectivity index is 1.57. The molecular formula is C26H26FNO4. The lowest BCUT2D eigenvalue weighted by atomic mass is 9.87. The summed E-state index contributed by atoms with van der Waals surface area (Å²) in [4.78, 5) is 12.8. The van der Waals surface area contributed by atoms with Crippen molar-refractivity contribution in [2.75, 3.05) is 12.4 Å². The number of benzene rings is 3. The van der Waals surface area contributed by atoms with Crippen LogP contribution in [0.15, 0.2) is 72.8 Å². The number of anilines is 1. The highest BCUT2D eigenvalue weighted by Gasteiger charge is 2.47. The van der Waals surface area contributed by atoms with Gasteiger partial charge in [-0.3, -0.25) is 0 Å². The summed E-state index contributed by atoms with van der Waals surface area (Å²) < 4.78 is 31.0. The van der Waals surface area contributed by atoms with Gasteiger partial charge < -0.3 is 19.5 Å². The topological polar surface area (TPSA) is 56.8 Å². The minimum absolute atomic E-state index is 0.263. The second kappa shape index (κ2) is 9.01. The highest BCUT2D eigenvalue weighted by molar-refractivity contribution is 5.89. The van der Waals surface area contributed by atoms with Gasteiger partial charge in [0, 0.05) is 24.9 Å². The van der Waals surface area contributed by atoms with Crippen LogP contribution >= 0.6 is 0 Å². The molecule has 2 unspecified atom stereocenters. The lowest BCUT2D eigenvalue weighted by Gasteiger charge is -2.43. The first-order valence-electron chi connectivity index (χ1n) is 10.5. The van der Waals surface area contributed by atoms with E-state index >= 15 is 0 Å². The maximum atomic E-state index is 13.1. The highest BCUT2D eigenvalue weighted by atomic mass is 19.1. The molecule has 0 saturated carbocycles. The zero-order chi connectivity index (χ0) is 22.7. The van der Waals surface area contributed by atoms with E-state index in [-0.39, 0.29) is 5.82 Å². The van der Waals surface area contributed by atoms with E-state index in [0.29, 0.717) is 17.9 Å². The van der Waals surface area contributed by atoms with Gasteiger partial charge in [0.1, 0.15) is 23.3 Å². The number of fused-ring (bicyclic) bond motifs is 1. The summed E-state index contributed by atoms with van der Waals surface area (Å²) in [6, 6.07) is 20.9. The molecule has 0 spiro atoms. The van der Waals surface area contributed by atoms with Gasteiger partial charge in [-0.05, 0) is 61.9 Å². The molecule has 2 atom stereocenters. The molecular weight excluding hydrogens is 409 g/mol. The van der Waals surface area contributed by atoms with E-state index in [2.05, 4.69) is 5.32 Å². The van der Waals surface area contributed by atoms with Crippen molar-refractivity contribution in [3.63, 3.8) is 0 Å². The van der Waals surface area contributed by atoms with Gasteiger partial charge in [-0.25, -0.2) is 9.18 Å². The Kier molecular flexibility index (Phi) is 6.15. The van der Waals surface area contributed by atoms with Crippen molar-refractivity contribution >= 4 is 11.7 Å². The first kappa shape index (κ1) is 21.8. The van der Waals surface area contributed by atoms with Crippen LogP contribution in [-0.4, -0.2) is 24.8 Å². The third-order valence-electron chi connectivity index (χ3n) is 5.56. The molecule has 0 fully saturated rings. The molecule has 3 aromatic rings. The summed E-state index contributed by atoms with van der Waals surface area (Å²) in [5.41, 5.74) is 2.28. The van der Waals surface area contributed by atoms with Crippen molar-refractivity contribution in [2.24, 2.45) is 0 Å². The smallest absolute Gasteiger partial charge is 0.338 e. The van der Waals surface area contributed by atoms with Crippen LogP contribution in [0.1, 0.15) is 41.4 Å². The molecule has 0 radical (unpaired) electrons. The van der Waals surface area contributed by atoms with Crippen LogP contribution in [0.25, 0.3) is 0 Å². The Labute approximate surface area is 187 Å². The molecule has 6 heteroatoms. The predicted octanol–water partition coefficient (Wildman–Crippen LogP) is 5.52. The molecule has 0 amide bonds. The van der Waals surface area contributed by atoms with Crippen LogP contribution in [0.2, 0.25) is 0 Å². The lowest BCUT2D eigenvalue weighted by molar-refractivity contribution is -0.129. The van der Waals surface area contributed by atoms with Gasteiger partial charge in [-0.15, -0.1) is 0 Å². The zero-order valence-corrected chi connectivity index (χ0v) is 18.3. The number of halogens is 1. The van der Waals surface area contributed by atoms with Crippen LogP contribution in [-0.2, 0) is 16.0 Å². The number of methoxy groups -OCH3 is 1. The summed E-state index contributed by atoms with van der Waals surface area (Å²) in [6.07, 6.45) is -1.16. The molecule has 1 heterocycles. The van der Waals surface area contributed by atoms with Crippen LogP contribution in [0.5, 0.6) is 5.75 Å². The van der Waals surface area contributed by atoms with E-state index in [1.165, 1.54) is 12.1 Å². The number of nitrogens with one attached hydrogen (secondary N) is 1. The van der Waals surface area contributed by atoms with Crippen LogP contribution < -0.4 is 10.1 Å². The average molecular weight is 435 g/mol. The van der Waals surface area contributed by atoms with Gasteiger partial charge in [0.25, 0.3) is 0 Å². The maximum absolute atomic E-state index is 13.1. The van der Waals surface area contributed by atoms with Crippen molar-refractivity contribution in [3.8, 4) is 5.75 Å². The van der Waals surface area contributed by atoms with Crippen LogP contribution in [0, 0.1) is 5.82 Å². The van der Waals surface area contributed by atoms with Gasteiger partial charge in [-0.1, -0.05) is 30.3 Å². The Morgan fingerprint density at radius 2 is 1.78 bits per heavy atom. The van der Waals surface area contributed by atoms with E-state index < -0.39 is 23.8 Å². The molecule has 0 saturated heterocycles. The number of ether oxygens (including phenoxy) is 3. The summed E-state index contributed by atoms with van der Waals surface area (Å²) in [5, 5.41) is 3.34. The standard InChI is InChI=1S/C26H26FNO4/c1-26(2)24(31-25(29)18-7-5-4-6-8-18)23(30-3)21-15-20(13-14-22(21)32-26)28-16-17-9-11-19(27)12-10-17/h4-15,23-24,28H,16H2,1-3H3. The van der Waals surface area contributed by atoms with E-state index in [9.17, 15) is 9.18 Å². The second-order valence-electron chi connectivity index (χ2n) is 8.29. The third-order valence-corrected chi connectivity index (χ3v) is 5.56. The molecule has 32 heavy (non-hydrogen) atoms. The quantitative estimate of drug-likeness (QED) is 0.517. The fourth-order valence-electron chi connectivity index (χ4n) is 3.86. The Bertz CT molecular complexity index is 1080. The molecule has 5 nitrogen and oxygen atoms in total. The Morgan fingerprint density at radius 3 is 2.47 bits per heavy atom. The average Bonchev–Trinajstić information content (AvgIpc) is 2.79.